The van der Waals surface area contributed by atoms with Crippen LogP contribution in [0.5, 0.6) is 0 Å². The van der Waals surface area contributed by atoms with Crippen molar-refractivity contribution >= 4 is 11.9 Å². The second-order valence-electron chi connectivity index (χ2n) is 46.6. The van der Waals surface area contributed by atoms with Crippen molar-refractivity contribution in [3.63, 3.8) is 0 Å². The van der Waals surface area contributed by atoms with Gasteiger partial charge in [-0.25, -0.2) is 4.39 Å². The number of rotatable bonds is 13. The number of piperazine rings is 1. The largest absolute Gasteiger partial charge is 0.460 e. The summed E-state index contributed by atoms with van der Waals surface area (Å²) in [7, 11) is 4.23. The molecule has 4 aliphatic heterocycles. The van der Waals surface area contributed by atoms with Gasteiger partial charge in [-0.1, -0.05) is 193 Å². The molecule has 0 aromatic heterocycles. The molecular weight excluding hydrogens is 1380 g/mol. The lowest BCUT2D eigenvalue weighted by Gasteiger charge is -2.46. The lowest BCUT2D eigenvalue weighted by Crippen LogP contribution is -2.47. The highest BCUT2D eigenvalue weighted by Crippen LogP contribution is 2.58. The molecule has 2 atom stereocenters. The van der Waals surface area contributed by atoms with Crippen LogP contribution in [0.2, 0.25) is 0 Å². The number of aliphatic hydroxyl groups is 4. The van der Waals surface area contributed by atoms with E-state index < -0.39 is 28.3 Å². The first-order valence-corrected chi connectivity index (χ1v) is 41.8. The molecule has 0 aromatic rings. The highest BCUT2D eigenvalue weighted by molar-refractivity contribution is 5.81. The fraction of sp³-hybridized carbons (Fsp3) is 0.978. The fourth-order valence-corrected chi connectivity index (χ4v) is 13.7. The number of hydrogen-bond donors (Lipinski definition) is 5. The van der Waals surface area contributed by atoms with Crippen molar-refractivity contribution in [3.8, 4) is 0 Å². The van der Waals surface area contributed by atoms with Crippen molar-refractivity contribution in [1.82, 2.24) is 34.7 Å². The van der Waals surface area contributed by atoms with E-state index in [1.54, 1.807) is 13.8 Å². The Morgan fingerprint density at radius 2 is 0.862 bits per heavy atom. The molecular formula is C90H189F4N7O8. The van der Waals surface area contributed by atoms with Gasteiger partial charge in [-0.2, -0.15) is 13.2 Å². The molecule has 109 heavy (non-hydrogen) atoms. The fourth-order valence-electron chi connectivity index (χ4n) is 13.7. The summed E-state index contributed by atoms with van der Waals surface area (Å²) in [5, 5.41) is 39.0. The number of carbonyl (C=O) groups excluding carboxylic acids is 2. The highest BCUT2D eigenvalue weighted by atomic mass is 19.4. The number of hydrogen-bond acceptors (Lipinski definition) is 14. The maximum absolute atomic E-state index is 12.9. The van der Waals surface area contributed by atoms with Crippen molar-refractivity contribution in [2.45, 2.75) is 375 Å². The summed E-state index contributed by atoms with van der Waals surface area (Å²) in [4.78, 5) is 36.8. The zero-order valence-electron chi connectivity index (χ0n) is 79.9. The summed E-state index contributed by atoms with van der Waals surface area (Å²) >= 11 is 0. The first kappa shape index (κ1) is 116. The maximum atomic E-state index is 12.9. The number of likely N-dealkylation sites (tertiary alicyclic amines) is 2. The Labute approximate surface area is 674 Å². The van der Waals surface area contributed by atoms with Crippen LogP contribution in [-0.4, -0.2) is 242 Å². The van der Waals surface area contributed by atoms with Gasteiger partial charge in [0.15, 0.2) is 0 Å². The summed E-state index contributed by atoms with van der Waals surface area (Å²) < 4.78 is 61.4. The maximum Gasteiger partial charge on any atom is 0.394 e. The molecule has 0 spiro atoms. The smallest absolute Gasteiger partial charge is 0.394 e. The summed E-state index contributed by atoms with van der Waals surface area (Å²) in [6.45, 7) is 98.5. The van der Waals surface area contributed by atoms with Crippen LogP contribution < -0.4 is 5.32 Å². The van der Waals surface area contributed by atoms with Crippen LogP contribution in [0, 0.1) is 59.6 Å². The number of ether oxygens (including phenoxy) is 2. The minimum atomic E-state index is -4.00. The molecule has 4 saturated heterocycles. The summed E-state index contributed by atoms with van der Waals surface area (Å²) in [6, 6.07) is 1.11. The van der Waals surface area contributed by atoms with E-state index in [0.29, 0.717) is 71.6 Å². The van der Waals surface area contributed by atoms with Crippen molar-refractivity contribution in [2.75, 3.05) is 139 Å². The number of carbonyl (C=O) groups is 2. The van der Waals surface area contributed by atoms with Gasteiger partial charge in [0, 0.05) is 102 Å². The molecule has 4 heterocycles. The van der Waals surface area contributed by atoms with Gasteiger partial charge in [-0.15, -0.1) is 0 Å². The number of amides is 1. The second-order valence-corrected chi connectivity index (χ2v) is 46.6. The minimum Gasteiger partial charge on any atom is -0.460 e. The van der Waals surface area contributed by atoms with Gasteiger partial charge in [0.25, 0.3) is 0 Å². The molecule has 0 aromatic carbocycles. The Kier molecular flexibility index (Phi) is 53.2. The molecule has 660 valence electrons. The van der Waals surface area contributed by atoms with Gasteiger partial charge >= 0.3 is 12.1 Å². The Balaban J connectivity index is -0.000000368. The molecule has 19 heteroatoms. The molecule has 0 bridgehead atoms. The van der Waals surface area contributed by atoms with Crippen LogP contribution in [0.4, 0.5) is 17.6 Å². The van der Waals surface area contributed by atoms with Gasteiger partial charge in [0.2, 0.25) is 5.91 Å². The third-order valence-corrected chi connectivity index (χ3v) is 16.9. The van der Waals surface area contributed by atoms with E-state index in [-0.39, 0.29) is 58.2 Å². The molecule has 0 radical (unpaired) electrons. The SMILES string of the molecule is CC(C)(C)CC(C)(C)F.CC(C)(C)CC(C)(C)O.CC(C)(C)CC1(C(F)(F)F)CCC1.CC(C)(C)CN1CCC[C@@H]1CO.CC(C)(C)CN1CCC[C@H]1CO.CC(C)(C)CN1CCOCC1.CC(C)(C)OC(=O)C(C)(C)C.CC(C)NC(=O)C(C)(C)C.CN(CCO)CC(C)(C)C.CN1CCN(CC(C)(C)C)CC1. The van der Waals surface area contributed by atoms with Gasteiger partial charge in [0.1, 0.15) is 11.3 Å². The van der Waals surface area contributed by atoms with E-state index >= 15 is 0 Å². The molecule has 5 fully saturated rings. The Morgan fingerprint density at radius 3 is 1.06 bits per heavy atom. The zero-order chi connectivity index (χ0) is 87.5. The first-order chi connectivity index (χ1) is 48.1. The number of nitrogens with zero attached hydrogens (tertiary/aromatic N) is 6. The van der Waals surface area contributed by atoms with Gasteiger partial charge < -0.3 is 49.9 Å². The predicted molar refractivity (Wildman–Crippen MR) is 460 cm³/mol. The molecule has 1 amide bonds. The number of nitrogens with one attached hydrogen (secondary N) is 1. The van der Waals surface area contributed by atoms with E-state index in [9.17, 15) is 32.3 Å². The molecule has 15 nitrogen and oxygen atoms in total. The number of aliphatic hydroxyl groups excluding tert-OH is 3. The van der Waals surface area contributed by atoms with Crippen molar-refractivity contribution < 1.29 is 57.1 Å². The standard InChI is InChI=1S/C10H17F3.C10H22N2.2C10H21NO.C9H19NO.C9H18O2.C8H17F.C8H19NO.C8H17NO.C8H18O/c1-8(2,3)7-9(5-4-6-9)10(11,12)13;1-10(2,3)9-12-7-5-11(4)6-8-12;2*1-10(2,3)8-11-6-4-5-9(11)7-12;1-9(2,3)8-10-4-6-11-7-5-10;1-8(2,3)7(10)11-9(4,5)6;1-7(2,3)6-8(4,5)9;1-8(2,3)7-9(4)5-6-10;1-6(2)9-7(10)8(3,4)5;1-7(2,3)6-8(4,5)9/h4-7H2,1-3H3;5-9H2,1-4H3;2*9,12H,4-8H2,1-3H3;4-8H2,1-3H3;1-6H3;6H2,1-5H3;10H,5-7H2,1-4H3;6H,1-5H3,(H,9,10);9H,6H2,1-5H3/t;;2*9-;;;;;;/m..10....../s1. The quantitative estimate of drug-likeness (QED) is 0.0874. The van der Waals surface area contributed by atoms with Gasteiger partial charge in [-0.05, 0) is 211 Å². The van der Waals surface area contributed by atoms with E-state index in [2.05, 4.69) is 166 Å². The second kappa shape index (κ2) is 50.1. The van der Waals surface area contributed by atoms with Crippen LogP contribution in [0.25, 0.3) is 0 Å². The monoisotopic (exact) mass is 1570 g/mol. The third kappa shape index (κ3) is 74.8. The lowest BCUT2D eigenvalue weighted by molar-refractivity contribution is -0.260. The number of esters is 1. The van der Waals surface area contributed by atoms with E-state index in [0.717, 1.165) is 65.3 Å². The lowest BCUT2D eigenvalue weighted by atomic mass is 9.61. The highest BCUT2D eigenvalue weighted by Gasteiger charge is 2.59. The Bertz CT molecular complexity index is 2220. The molecule has 5 rings (SSSR count). The number of likely N-dealkylation sites (N-methyl/N-ethyl adjacent to an activating group) is 2. The van der Waals surface area contributed by atoms with Crippen LogP contribution in [0.1, 0.15) is 334 Å². The van der Waals surface area contributed by atoms with Crippen molar-refractivity contribution in [3.05, 3.63) is 0 Å². The Hall–Kier alpha value is -1.78. The molecule has 5 N–H and O–H groups in total. The zero-order valence-corrected chi connectivity index (χ0v) is 79.9. The number of alkyl halides is 4. The van der Waals surface area contributed by atoms with E-state index in [1.807, 2.05) is 139 Å². The Morgan fingerprint density at radius 1 is 0.495 bits per heavy atom. The average molecular weight is 1570 g/mol. The van der Waals surface area contributed by atoms with Crippen LogP contribution in [0.15, 0.2) is 0 Å². The van der Waals surface area contributed by atoms with E-state index in [1.165, 1.54) is 78.0 Å². The molecule has 1 saturated carbocycles. The molecule has 5 aliphatic rings. The van der Waals surface area contributed by atoms with Crippen LogP contribution in [0.3, 0.4) is 0 Å². The van der Waals surface area contributed by atoms with Gasteiger partial charge in [-0.3, -0.25) is 24.3 Å². The van der Waals surface area contributed by atoms with Gasteiger partial charge in [0.05, 0.1) is 49.5 Å². The van der Waals surface area contributed by atoms with Crippen molar-refractivity contribution in [1.29, 1.82) is 0 Å². The normalized spacial score (nSPS) is 19.1. The topological polar surface area (TPSA) is 165 Å². The minimum absolute atomic E-state index is 0.109. The first-order valence-electron chi connectivity index (χ1n) is 41.8. The summed E-state index contributed by atoms with van der Waals surface area (Å²) in [6.07, 6.45) is 3.97. The van der Waals surface area contributed by atoms with E-state index in [4.69, 9.17) is 24.8 Å². The van der Waals surface area contributed by atoms with Crippen LogP contribution >= 0.6 is 0 Å². The number of morpholine rings is 1. The third-order valence-electron chi connectivity index (χ3n) is 16.9. The average Bonchev–Trinajstić information content (AvgIpc) is 1.30. The molecule has 1 aliphatic carbocycles. The molecule has 0 unspecified atom stereocenters. The predicted octanol–water partition coefficient (Wildman–Crippen LogP) is 20.0. The van der Waals surface area contributed by atoms with Crippen molar-refractivity contribution in [2.24, 2.45) is 59.6 Å². The summed E-state index contributed by atoms with van der Waals surface area (Å²) in [5.74, 6) is -0.0347. The number of halogens is 4. The van der Waals surface area contributed by atoms with Crippen LogP contribution in [-0.2, 0) is 19.1 Å². The summed E-state index contributed by atoms with van der Waals surface area (Å²) in [5.41, 5.74) is -1.86.